The maximum Gasteiger partial charge on any atom is 0.243 e. The third-order valence-corrected chi connectivity index (χ3v) is 7.41. The molecule has 2 amide bonds. The van der Waals surface area contributed by atoms with Gasteiger partial charge in [0.15, 0.2) is 0 Å². The van der Waals surface area contributed by atoms with Crippen molar-refractivity contribution in [3.8, 4) is 0 Å². The summed E-state index contributed by atoms with van der Waals surface area (Å²) in [5.41, 5.74) is 4.69. The molecule has 0 heterocycles. The minimum absolute atomic E-state index is 0.00611. The first-order chi connectivity index (χ1) is 16.0. The lowest BCUT2D eigenvalue weighted by atomic mass is 9.95. The van der Waals surface area contributed by atoms with Crippen LogP contribution in [-0.4, -0.2) is 34.6 Å². The summed E-state index contributed by atoms with van der Waals surface area (Å²) >= 11 is 1.61. The highest BCUT2D eigenvalue weighted by Crippen LogP contribution is 2.20. The molecule has 0 aromatic heterocycles. The van der Waals surface area contributed by atoms with E-state index in [1.807, 2.05) is 6.92 Å². The zero-order chi connectivity index (χ0) is 23.6. The molecule has 1 fully saturated rings. The molecular weight excluding hydrogens is 428 g/mol. The molecule has 33 heavy (non-hydrogen) atoms. The van der Waals surface area contributed by atoms with Gasteiger partial charge in [0.2, 0.25) is 11.8 Å². The molecule has 0 spiro atoms. The molecule has 1 N–H and O–H groups in total. The highest BCUT2D eigenvalue weighted by atomic mass is 32.2. The van der Waals surface area contributed by atoms with E-state index in [0.29, 0.717) is 18.7 Å². The standard InChI is InChI=1S/C28H38N2O2S/c1-4-26(28(32)29-25-8-6-5-7-9-25)30(18-23-14-10-21(2)11-15-23)27(31)20-33-19-24-16-12-22(3)13-17-24/h10-17,25-26H,4-9,18-20H2,1-3H3,(H,29,32)/t26-/m1/s1. The van der Waals surface area contributed by atoms with Crippen LogP contribution in [0, 0.1) is 13.8 Å². The lowest BCUT2D eigenvalue weighted by Crippen LogP contribution is -2.52. The van der Waals surface area contributed by atoms with E-state index >= 15 is 0 Å². The Morgan fingerprint density at radius 3 is 2.09 bits per heavy atom. The molecule has 0 saturated heterocycles. The normalized spacial score (nSPS) is 15.1. The van der Waals surface area contributed by atoms with Crippen LogP contribution >= 0.6 is 11.8 Å². The first-order valence-corrected chi connectivity index (χ1v) is 13.4. The number of aryl methyl sites for hydroxylation is 2. The van der Waals surface area contributed by atoms with E-state index < -0.39 is 6.04 Å². The highest BCUT2D eigenvalue weighted by Gasteiger charge is 2.30. The zero-order valence-corrected chi connectivity index (χ0v) is 21.1. The Bertz CT molecular complexity index is 889. The van der Waals surface area contributed by atoms with Crippen molar-refractivity contribution < 1.29 is 9.59 Å². The Morgan fingerprint density at radius 2 is 1.52 bits per heavy atom. The van der Waals surface area contributed by atoms with E-state index in [0.717, 1.165) is 24.2 Å². The van der Waals surface area contributed by atoms with E-state index in [9.17, 15) is 9.59 Å². The largest absolute Gasteiger partial charge is 0.352 e. The summed E-state index contributed by atoms with van der Waals surface area (Å²) in [6.45, 7) is 6.59. The molecule has 1 aliphatic rings. The highest BCUT2D eigenvalue weighted by molar-refractivity contribution is 7.99. The van der Waals surface area contributed by atoms with Crippen molar-refractivity contribution in [3.63, 3.8) is 0 Å². The minimum atomic E-state index is -0.444. The maximum absolute atomic E-state index is 13.4. The first-order valence-electron chi connectivity index (χ1n) is 12.2. The Hall–Kier alpha value is -2.27. The Balaban J connectivity index is 1.68. The van der Waals surface area contributed by atoms with Crippen molar-refractivity contribution in [2.45, 2.75) is 83.7 Å². The lowest BCUT2D eigenvalue weighted by Gasteiger charge is -2.32. The number of hydrogen-bond donors (Lipinski definition) is 1. The molecule has 0 aliphatic heterocycles. The van der Waals surface area contributed by atoms with Crippen LogP contribution < -0.4 is 5.32 Å². The molecule has 4 nitrogen and oxygen atoms in total. The molecular formula is C28H38N2O2S. The van der Waals surface area contributed by atoms with Crippen molar-refractivity contribution in [1.82, 2.24) is 10.2 Å². The average Bonchev–Trinajstić information content (AvgIpc) is 2.82. The molecule has 1 aliphatic carbocycles. The number of rotatable bonds is 10. The Kier molecular flexibility index (Phi) is 9.86. The number of benzene rings is 2. The van der Waals surface area contributed by atoms with Gasteiger partial charge in [0.25, 0.3) is 0 Å². The zero-order valence-electron chi connectivity index (χ0n) is 20.3. The lowest BCUT2D eigenvalue weighted by molar-refractivity contribution is -0.139. The van der Waals surface area contributed by atoms with Gasteiger partial charge in [-0.05, 0) is 44.2 Å². The van der Waals surface area contributed by atoms with E-state index in [4.69, 9.17) is 0 Å². The van der Waals surface area contributed by atoms with Crippen molar-refractivity contribution >= 4 is 23.6 Å². The van der Waals surface area contributed by atoms with Gasteiger partial charge in [0, 0.05) is 18.3 Å². The summed E-state index contributed by atoms with van der Waals surface area (Å²) in [5, 5.41) is 3.25. The fraction of sp³-hybridized carbons (Fsp3) is 0.500. The van der Waals surface area contributed by atoms with Crippen LogP contribution in [0.3, 0.4) is 0 Å². The van der Waals surface area contributed by atoms with E-state index in [1.54, 1.807) is 16.7 Å². The first kappa shape index (κ1) is 25.4. The number of hydrogen-bond acceptors (Lipinski definition) is 3. The van der Waals surface area contributed by atoms with Crippen molar-refractivity contribution in [2.24, 2.45) is 0 Å². The fourth-order valence-corrected chi connectivity index (χ4v) is 5.25. The SMILES string of the molecule is CC[C@H](C(=O)NC1CCCCC1)N(Cc1ccc(C)cc1)C(=O)CSCc1ccc(C)cc1. The van der Waals surface area contributed by atoms with Crippen LogP contribution in [0.4, 0.5) is 0 Å². The van der Waals surface area contributed by atoms with Gasteiger partial charge in [-0.25, -0.2) is 0 Å². The summed E-state index contributed by atoms with van der Waals surface area (Å²) in [5.74, 6) is 1.18. The topological polar surface area (TPSA) is 49.4 Å². The fourth-order valence-electron chi connectivity index (χ4n) is 4.38. The number of nitrogens with one attached hydrogen (secondary N) is 1. The van der Waals surface area contributed by atoms with Gasteiger partial charge < -0.3 is 10.2 Å². The number of amides is 2. The summed E-state index contributed by atoms with van der Waals surface area (Å²) in [4.78, 5) is 28.4. The number of nitrogens with zero attached hydrogens (tertiary/aromatic N) is 1. The van der Waals surface area contributed by atoms with Crippen LogP contribution in [0.15, 0.2) is 48.5 Å². The van der Waals surface area contributed by atoms with Crippen molar-refractivity contribution in [3.05, 3.63) is 70.8 Å². The van der Waals surface area contributed by atoms with Gasteiger partial charge >= 0.3 is 0 Å². The molecule has 2 aromatic rings. The van der Waals surface area contributed by atoms with Crippen molar-refractivity contribution in [1.29, 1.82) is 0 Å². The molecule has 1 saturated carbocycles. The third kappa shape index (κ3) is 7.92. The van der Waals surface area contributed by atoms with Gasteiger partial charge in [0.05, 0.1) is 5.75 Å². The number of carbonyl (C=O) groups is 2. The quantitative estimate of drug-likeness (QED) is 0.482. The van der Waals surface area contributed by atoms with Crippen LogP contribution in [0.25, 0.3) is 0 Å². The molecule has 0 unspecified atom stereocenters. The second-order valence-corrected chi connectivity index (χ2v) is 10.2. The molecule has 2 aromatic carbocycles. The summed E-state index contributed by atoms with van der Waals surface area (Å²) in [6.07, 6.45) is 6.28. The molecule has 5 heteroatoms. The van der Waals surface area contributed by atoms with Gasteiger partial charge in [-0.3, -0.25) is 9.59 Å². The predicted molar refractivity (Wildman–Crippen MR) is 138 cm³/mol. The molecule has 1 atom stereocenters. The third-order valence-electron chi connectivity index (χ3n) is 6.43. The Morgan fingerprint density at radius 1 is 0.939 bits per heavy atom. The van der Waals surface area contributed by atoms with Crippen molar-refractivity contribution in [2.75, 3.05) is 5.75 Å². The molecule has 3 rings (SSSR count). The van der Waals surface area contributed by atoms with Crippen LogP contribution in [0.5, 0.6) is 0 Å². The number of thioether (sulfide) groups is 1. The Labute approximate surface area is 203 Å². The van der Waals surface area contributed by atoms with E-state index in [2.05, 4.69) is 67.7 Å². The van der Waals surface area contributed by atoms with Gasteiger partial charge in [0.1, 0.15) is 6.04 Å². The van der Waals surface area contributed by atoms with Gasteiger partial charge in [-0.15, -0.1) is 11.8 Å². The van der Waals surface area contributed by atoms with Gasteiger partial charge in [-0.2, -0.15) is 0 Å². The van der Waals surface area contributed by atoms with E-state index in [1.165, 1.54) is 36.0 Å². The monoisotopic (exact) mass is 466 g/mol. The van der Waals surface area contributed by atoms with E-state index in [-0.39, 0.29) is 17.9 Å². The maximum atomic E-state index is 13.4. The smallest absolute Gasteiger partial charge is 0.243 e. The second-order valence-electron chi connectivity index (χ2n) is 9.25. The average molecular weight is 467 g/mol. The molecule has 0 radical (unpaired) electrons. The number of carbonyl (C=O) groups excluding carboxylic acids is 2. The molecule has 178 valence electrons. The molecule has 0 bridgehead atoms. The minimum Gasteiger partial charge on any atom is -0.352 e. The van der Waals surface area contributed by atoms with Gasteiger partial charge in [-0.1, -0.05) is 85.8 Å². The van der Waals surface area contributed by atoms with Crippen LogP contribution in [0.1, 0.15) is 67.7 Å². The summed E-state index contributed by atoms with van der Waals surface area (Å²) in [6, 6.07) is 16.5. The second kappa shape index (κ2) is 12.8. The van der Waals surface area contributed by atoms with Crippen LogP contribution in [-0.2, 0) is 21.9 Å². The summed E-state index contributed by atoms with van der Waals surface area (Å²) in [7, 11) is 0. The summed E-state index contributed by atoms with van der Waals surface area (Å²) < 4.78 is 0. The predicted octanol–water partition coefficient (Wildman–Crippen LogP) is 5.79. The van der Waals surface area contributed by atoms with Crippen LogP contribution in [0.2, 0.25) is 0 Å².